The Labute approximate surface area is 117 Å². The summed E-state index contributed by atoms with van der Waals surface area (Å²) in [6, 6.07) is 0. The zero-order chi connectivity index (χ0) is 13.7. The van der Waals surface area contributed by atoms with Crippen molar-refractivity contribution in [3.8, 4) is 5.95 Å². The Hall–Kier alpha value is -1.69. The number of hydrogen-bond donors (Lipinski definition) is 1. The number of nitrogens with one attached hydrogen (secondary N) is 1. The third-order valence-electron chi connectivity index (χ3n) is 3.04. The quantitative estimate of drug-likeness (QED) is 0.881. The highest BCUT2D eigenvalue weighted by atomic mass is 35.5. The number of halogens is 1. The van der Waals surface area contributed by atoms with Crippen molar-refractivity contribution in [2.75, 3.05) is 11.9 Å². The summed E-state index contributed by atoms with van der Waals surface area (Å²) >= 11 is 5.91. The maximum absolute atomic E-state index is 5.91. The highest BCUT2D eigenvalue weighted by Crippen LogP contribution is 2.12. The van der Waals surface area contributed by atoms with Crippen LogP contribution in [0.2, 0.25) is 5.28 Å². The van der Waals surface area contributed by atoms with Gasteiger partial charge >= 0.3 is 0 Å². The van der Waals surface area contributed by atoms with E-state index in [1.165, 1.54) is 0 Å². The van der Waals surface area contributed by atoms with E-state index in [4.69, 9.17) is 11.6 Å². The van der Waals surface area contributed by atoms with Crippen LogP contribution in [0.4, 0.5) is 5.95 Å². The van der Waals surface area contributed by atoms with Gasteiger partial charge in [-0.3, -0.25) is 4.57 Å². The molecule has 0 aromatic carbocycles. The molecule has 102 valence electrons. The van der Waals surface area contributed by atoms with Crippen LogP contribution in [-0.2, 0) is 0 Å². The summed E-state index contributed by atoms with van der Waals surface area (Å²) in [5.41, 5.74) is 0. The molecular formula is C12H17ClN6. The van der Waals surface area contributed by atoms with Crippen molar-refractivity contribution in [1.82, 2.24) is 24.5 Å². The van der Waals surface area contributed by atoms with E-state index in [1.807, 2.05) is 0 Å². The molecule has 2 heterocycles. The van der Waals surface area contributed by atoms with Crippen molar-refractivity contribution in [2.45, 2.75) is 26.7 Å². The minimum atomic E-state index is 0.172. The van der Waals surface area contributed by atoms with Gasteiger partial charge in [-0.05, 0) is 17.5 Å². The summed E-state index contributed by atoms with van der Waals surface area (Å²) in [5.74, 6) is 1.56. The number of hydrogen-bond acceptors (Lipinski definition) is 5. The standard InChI is InChI=1S/C12H17ClN6/c1-3-9(4-2)7-15-11-16-10(13)17-12(18-11)19-6-5-14-8-19/h5-6,8-9H,3-4,7H2,1-2H3,(H,15,16,17,18). The van der Waals surface area contributed by atoms with Gasteiger partial charge in [0.1, 0.15) is 6.33 Å². The normalized spacial score (nSPS) is 10.9. The number of imidazole rings is 1. The smallest absolute Gasteiger partial charge is 0.241 e. The van der Waals surface area contributed by atoms with Gasteiger partial charge in [-0.2, -0.15) is 15.0 Å². The SMILES string of the molecule is CCC(CC)CNc1nc(Cl)nc(-n2ccnc2)n1. The van der Waals surface area contributed by atoms with Crippen LogP contribution in [-0.4, -0.2) is 31.0 Å². The van der Waals surface area contributed by atoms with Crippen LogP contribution in [0.3, 0.4) is 0 Å². The first kappa shape index (κ1) is 13.7. The molecule has 0 aliphatic carbocycles. The summed E-state index contributed by atoms with van der Waals surface area (Å²) in [5, 5.41) is 3.38. The van der Waals surface area contributed by atoms with E-state index in [0.717, 1.165) is 19.4 Å². The predicted octanol–water partition coefficient (Wildman–Crippen LogP) is 2.56. The molecule has 2 aromatic heterocycles. The summed E-state index contributed by atoms with van der Waals surface area (Å²) in [6.45, 7) is 5.18. The molecule has 1 N–H and O–H groups in total. The zero-order valence-corrected chi connectivity index (χ0v) is 11.8. The summed E-state index contributed by atoms with van der Waals surface area (Å²) in [6.07, 6.45) is 7.29. The molecule has 0 radical (unpaired) electrons. The van der Waals surface area contributed by atoms with E-state index in [9.17, 15) is 0 Å². The molecule has 0 spiro atoms. The first-order valence-corrected chi connectivity index (χ1v) is 6.74. The Morgan fingerprint density at radius 2 is 2.05 bits per heavy atom. The van der Waals surface area contributed by atoms with E-state index >= 15 is 0 Å². The number of nitrogens with zero attached hydrogens (tertiary/aromatic N) is 5. The predicted molar refractivity (Wildman–Crippen MR) is 74.5 cm³/mol. The first-order chi connectivity index (χ1) is 9.22. The van der Waals surface area contributed by atoms with E-state index in [0.29, 0.717) is 17.8 Å². The van der Waals surface area contributed by atoms with Crippen LogP contribution in [0.1, 0.15) is 26.7 Å². The molecule has 6 nitrogen and oxygen atoms in total. The Morgan fingerprint density at radius 1 is 1.26 bits per heavy atom. The lowest BCUT2D eigenvalue weighted by Crippen LogP contribution is -2.15. The van der Waals surface area contributed by atoms with Gasteiger partial charge in [0.05, 0.1) is 0 Å². The van der Waals surface area contributed by atoms with E-state index in [-0.39, 0.29) is 5.28 Å². The van der Waals surface area contributed by atoms with Crippen molar-refractivity contribution in [1.29, 1.82) is 0 Å². The lowest BCUT2D eigenvalue weighted by molar-refractivity contribution is 0.517. The van der Waals surface area contributed by atoms with E-state index in [2.05, 4.69) is 39.1 Å². The molecule has 0 atom stereocenters. The van der Waals surface area contributed by atoms with Crippen LogP contribution in [0.25, 0.3) is 5.95 Å². The second-order valence-electron chi connectivity index (χ2n) is 4.26. The topological polar surface area (TPSA) is 68.5 Å². The van der Waals surface area contributed by atoms with Crippen LogP contribution in [0.5, 0.6) is 0 Å². The van der Waals surface area contributed by atoms with Gasteiger partial charge in [0, 0.05) is 18.9 Å². The average Bonchev–Trinajstić information content (AvgIpc) is 2.93. The molecule has 2 aromatic rings. The maximum atomic E-state index is 5.91. The van der Waals surface area contributed by atoms with Crippen LogP contribution in [0.15, 0.2) is 18.7 Å². The number of aromatic nitrogens is 5. The largest absolute Gasteiger partial charge is 0.354 e. The fourth-order valence-electron chi connectivity index (χ4n) is 1.72. The van der Waals surface area contributed by atoms with Gasteiger partial charge in [0.2, 0.25) is 17.2 Å². The molecule has 0 unspecified atom stereocenters. The van der Waals surface area contributed by atoms with Crippen molar-refractivity contribution < 1.29 is 0 Å². The minimum absolute atomic E-state index is 0.172. The minimum Gasteiger partial charge on any atom is -0.354 e. The Balaban J connectivity index is 2.13. The van der Waals surface area contributed by atoms with Crippen molar-refractivity contribution in [3.05, 3.63) is 24.0 Å². The van der Waals surface area contributed by atoms with E-state index < -0.39 is 0 Å². The van der Waals surface area contributed by atoms with Gasteiger partial charge < -0.3 is 5.32 Å². The second kappa shape index (κ2) is 6.47. The molecule has 0 aliphatic heterocycles. The van der Waals surface area contributed by atoms with E-state index in [1.54, 1.807) is 23.3 Å². The molecule has 0 amide bonds. The molecular weight excluding hydrogens is 264 g/mol. The first-order valence-electron chi connectivity index (χ1n) is 6.36. The summed E-state index contributed by atoms with van der Waals surface area (Å²) in [4.78, 5) is 16.4. The van der Waals surface area contributed by atoms with Crippen LogP contribution in [0, 0.1) is 5.92 Å². The molecule has 0 aliphatic rings. The summed E-state index contributed by atoms with van der Waals surface area (Å²) in [7, 11) is 0. The van der Waals surface area contributed by atoms with Crippen LogP contribution >= 0.6 is 11.6 Å². The lowest BCUT2D eigenvalue weighted by Gasteiger charge is -2.13. The molecule has 19 heavy (non-hydrogen) atoms. The molecule has 0 saturated heterocycles. The number of rotatable bonds is 6. The molecule has 0 bridgehead atoms. The van der Waals surface area contributed by atoms with Crippen LogP contribution < -0.4 is 5.32 Å². The molecule has 0 saturated carbocycles. The second-order valence-corrected chi connectivity index (χ2v) is 4.60. The van der Waals surface area contributed by atoms with Gasteiger partial charge in [-0.25, -0.2) is 4.98 Å². The van der Waals surface area contributed by atoms with Gasteiger partial charge in [-0.1, -0.05) is 26.7 Å². The molecule has 0 fully saturated rings. The van der Waals surface area contributed by atoms with Gasteiger partial charge in [0.15, 0.2) is 0 Å². The Bertz CT molecular complexity index is 509. The fourth-order valence-corrected chi connectivity index (χ4v) is 1.88. The Morgan fingerprint density at radius 3 is 2.68 bits per heavy atom. The van der Waals surface area contributed by atoms with Crippen molar-refractivity contribution in [2.24, 2.45) is 5.92 Å². The van der Waals surface area contributed by atoms with Gasteiger partial charge in [0.25, 0.3) is 0 Å². The van der Waals surface area contributed by atoms with Gasteiger partial charge in [-0.15, -0.1) is 0 Å². The highest BCUT2D eigenvalue weighted by molar-refractivity contribution is 6.28. The Kier molecular flexibility index (Phi) is 4.68. The monoisotopic (exact) mass is 280 g/mol. The number of anilines is 1. The lowest BCUT2D eigenvalue weighted by atomic mass is 10.0. The molecule has 2 rings (SSSR count). The fraction of sp³-hybridized carbons (Fsp3) is 0.500. The maximum Gasteiger partial charge on any atom is 0.241 e. The van der Waals surface area contributed by atoms with Crippen molar-refractivity contribution >= 4 is 17.5 Å². The third-order valence-corrected chi connectivity index (χ3v) is 3.20. The molecule has 7 heteroatoms. The summed E-state index contributed by atoms with van der Waals surface area (Å²) < 4.78 is 1.69. The van der Waals surface area contributed by atoms with Crippen molar-refractivity contribution in [3.63, 3.8) is 0 Å². The highest BCUT2D eigenvalue weighted by Gasteiger charge is 2.08. The average molecular weight is 281 g/mol. The zero-order valence-electron chi connectivity index (χ0n) is 11.0. The third kappa shape index (κ3) is 3.64.